The van der Waals surface area contributed by atoms with Gasteiger partial charge in [-0.3, -0.25) is 0 Å². The van der Waals surface area contributed by atoms with E-state index in [2.05, 4.69) is 25.8 Å². The highest BCUT2D eigenvalue weighted by molar-refractivity contribution is 6.30. The van der Waals surface area contributed by atoms with Gasteiger partial charge in [-0.15, -0.1) is 5.10 Å². The maximum atomic E-state index is 5.89. The van der Waals surface area contributed by atoms with E-state index < -0.39 is 0 Å². The van der Waals surface area contributed by atoms with E-state index in [9.17, 15) is 0 Å². The Hall–Kier alpha value is -2.86. The Morgan fingerprint density at radius 2 is 1.80 bits per heavy atom. The van der Waals surface area contributed by atoms with Crippen molar-refractivity contribution in [3.05, 3.63) is 65.3 Å². The average molecular weight is 356 g/mol. The van der Waals surface area contributed by atoms with E-state index >= 15 is 0 Å². The average Bonchev–Trinajstić information content (AvgIpc) is 2.64. The standard InChI is InChI=1S/C18H18ClN5O/c1-2-25-16-9-7-15(8-10-16)22-18-23-17(12-21-24-18)20-11-13-3-5-14(19)6-4-13/h3-10,12H,2,11H2,1H3,(H2,20,22,23,24). The number of hydrogen-bond acceptors (Lipinski definition) is 6. The molecule has 3 rings (SSSR count). The fourth-order valence-corrected chi connectivity index (χ4v) is 2.29. The van der Waals surface area contributed by atoms with E-state index in [-0.39, 0.29) is 0 Å². The van der Waals surface area contributed by atoms with Crippen molar-refractivity contribution in [1.29, 1.82) is 0 Å². The van der Waals surface area contributed by atoms with E-state index in [1.807, 2.05) is 55.5 Å². The van der Waals surface area contributed by atoms with Gasteiger partial charge in [-0.25, -0.2) is 0 Å². The van der Waals surface area contributed by atoms with Crippen LogP contribution in [-0.2, 0) is 6.54 Å². The Morgan fingerprint density at radius 3 is 2.52 bits per heavy atom. The molecule has 1 aromatic heterocycles. The van der Waals surface area contributed by atoms with E-state index in [0.717, 1.165) is 17.0 Å². The number of halogens is 1. The van der Waals surface area contributed by atoms with Crippen molar-refractivity contribution >= 4 is 29.1 Å². The van der Waals surface area contributed by atoms with Crippen LogP contribution in [0.4, 0.5) is 17.5 Å². The van der Waals surface area contributed by atoms with Gasteiger partial charge >= 0.3 is 0 Å². The van der Waals surface area contributed by atoms with Gasteiger partial charge in [0.25, 0.3) is 0 Å². The van der Waals surface area contributed by atoms with Crippen LogP contribution in [0.1, 0.15) is 12.5 Å². The van der Waals surface area contributed by atoms with E-state index in [0.29, 0.717) is 29.9 Å². The highest BCUT2D eigenvalue weighted by atomic mass is 35.5. The number of aromatic nitrogens is 3. The summed E-state index contributed by atoms with van der Waals surface area (Å²) in [6, 6.07) is 15.2. The van der Waals surface area contributed by atoms with Gasteiger partial charge in [0.15, 0.2) is 5.82 Å². The number of ether oxygens (including phenoxy) is 1. The molecule has 0 amide bonds. The number of nitrogens with zero attached hydrogens (tertiary/aromatic N) is 3. The fourth-order valence-electron chi connectivity index (χ4n) is 2.17. The molecular weight excluding hydrogens is 338 g/mol. The van der Waals surface area contributed by atoms with Crippen LogP contribution in [0, 0.1) is 0 Å². The van der Waals surface area contributed by atoms with Gasteiger partial charge < -0.3 is 15.4 Å². The molecule has 0 aliphatic heterocycles. The van der Waals surface area contributed by atoms with Crippen LogP contribution in [0.5, 0.6) is 5.75 Å². The highest BCUT2D eigenvalue weighted by Crippen LogP contribution is 2.18. The molecule has 7 heteroatoms. The number of anilines is 3. The molecule has 2 aromatic carbocycles. The van der Waals surface area contributed by atoms with Crippen LogP contribution in [0.15, 0.2) is 54.7 Å². The largest absolute Gasteiger partial charge is 0.494 e. The number of nitrogens with one attached hydrogen (secondary N) is 2. The van der Waals surface area contributed by atoms with Crippen LogP contribution in [0.3, 0.4) is 0 Å². The zero-order valence-electron chi connectivity index (χ0n) is 13.7. The first-order valence-corrected chi connectivity index (χ1v) is 8.28. The molecule has 0 fully saturated rings. The zero-order valence-corrected chi connectivity index (χ0v) is 14.5. The van der Waals surface area contributed by atoms with Gasteiger partial charge in [-0.05, 0) is 48.9 Å². The van der Waals surface area contributed by atoms with Crippen molar-refractivity contribution in [1.82, 2.24) is 15.2 Å². The van der Waals surface area contributed by atoms with Crippen molar-refractivity contribution in [2.75, 3.05) is 17.2 Å². The summed E-state index contributed by atoms with van der Waals surface area (Å²) in [5, 5.41) is 15.0. The van der Waals surface area contributed by atoms with Crippen LogP contribution >= 0.6 is 11.6 Å². The highest BCUT2D eigenvalue weighted by Gasteiger charge is 2.02. The Morgan fingerprint density at radius 1 is 1.04 bits per heavy atom. The monoisotopic (exact) mass is 355 g/mol. The van der Waals surface area contributed by atoms with Gasteiger partial charge in [0.1, 0.15) is 5.75 Å². The van der Waals surface area contributed by atoms with Crippen LogP contribution < -0.4 is 15.4 Å². The first kappa shape index (κ1) is 17.0. The summed E-state index contributed by atoms with van der Waals surface area (Å²) in [5.74, 6) is 1.88. The summed E-state index contributed by atoms with van der Waals surface area (Å²) in [7, 11) is 0. The lowest BCUT2D eigenvalue weighted by Crippen LogP contribution is -2.05. The Kier molecular flexibility index (Phi) is 5.64. The van der Waals surface area contributed by atoms with Gasteiger partial charge in [0.05, 0.1) is 12.8 Å². The molecule has 6 nitrogen and oxygen atoms in total. The number of benzene rings is 2. The molecule has 0 saturated carbocycles. The van der Waals surface area contributed by atoms with Crippen LogP contribution in [-0.4, -0.2) is 21.8 Å². The summed E-state index contributed by atoms with van der Waals surface area (Å²) in [5.41, 5.74) is 1.96. The minimum absolute atomic E-state index is 0.422. The Bertz CT molecular complexity index is 808. The van der Waals surface area contributed by atoms with Crippen molar-refractivity contribution in [3.8, 4) is 5.75 Å². The summed E-state index contributed by atoms with van der Waals surface area (Å²) in [4.78, 5) is 4.41. The molecule has 0 spiro atoms. The summed E-state index contributed by atoms with van der Waals surface area (Å²) >= 11 is 5.89. The molecule has 0 atom stereocenters. The molecule has 0 aliphatic carbocycles. The molecule has 0 bridgehead atoms. The van der Waals surface area contributed by atoms with Crippen molar-refractivity contribution in [2.45, 2.75) is 13.5 Å². The SMILES string of the molecule is CCOc1ccc(Nc2nncc(NCc3ccc(Cl)cc3)n2)cc1. The second-order valence-corrected chi connectivity index (χ2v) is 5.66. The van der Waals surface area contributed by atoms with E-state index in [4.69, 9.17) is 16.3 Å². The lowest BCUT2D eigenvalue weighted by Gasteiger charge is -2.08. The molecule has 0 radical (unpaired) electrons. The van der Waals surface area contributed by atoms with Gasteiger partial charge in [0, 0.05) is 17.3 Å². The maximum absolute atomic E-state index is 5.89. The predicted molar refractivity (Wildman–Crippen MR) is 99.5 cm³/mol. The molecule has 25 heavy (non-hydrogen) atoms. The van der Waals surface area contributed by atoms with Gasteiger partial charge in [0.2, 0.25) is 5.95 Å². The molecule has 0 unspecified atom stereocenters. The van der Waals surface area contributed by atoms with Gasteiger partial charge in [-0.1, -0.05) is 23.7 Å². The molecule has 128 valence electrons. The normalized spacial score (nSPS) is 10.3. The minimum atomic E-state index is 0.422. The van der Waals surface area contributed by atoms with Crippen molar-refractivity contribution in [2.24, 2.45) is 0 Å². The summed E-state index contributed by atoms with van der Waals surface area (Å²) in [6.45, 7) is 3.22. The predicted octanol–water partition coefficient (Wildman–Crippen LogP) is 4.28. The molecule has 1 heterocycles. The van der Waals surface area contributed by atoms with Crippen LogP contribution in [0.2, 0.25) is 5.02 Å². The zero-order chi connectivity index (χ0) is 17.5. The lowest BCUT2D eigenvalue weighted by molar-refractivity contribution is 0.340. The number of rotatable bonds is 7. The van der Waals surface area contributed by atoms with Crippen molar-refractivity contribution < 1.29 is 4.74 Å². The third-order valence-corrected chi connectivity index (χ3v) is 3.62. The fraction of sp³-hybridized carbons (Fsp3) is 0.167. The quantitative estimate of drug-likeness (QED) is 0.659. The molecule has 2 N–H and O–H groups in total. The number of hydrogen-bond donors (Lipinski definition) is 2. The smallest absolute Gasteiger partial charge is 0.249 e. The van der Waals surface area contributed by atoms with E-state index in [1.165, 1.54) is 0 Å². The molecule has 0 saturated heterocycles. The summed E-state index contributed by atoms with van der Waals surface area (Å²) < 4.78 is 5.42. The molecule has 3 aromatic rings. The summed E-state index contributed by atoms with van der Waals surface area (Å²) in [6.07, 6.45) is 1.58. The second-order valence-electron chi connectivity index (χ2n) is 5.23. The third-order valence-electron chi connectivity index (χ3n) is 3.37. The van der Waals surface area contributed by atoms with E-state index in [1.54, 1.807) is 6.20 Å². The molecule has 0 aliphatic rings. The first-order valence-electron chi connectivity index (χ1n) is 7.91. The third kappa shape index (κ3) is 5.06. The minimum Gasteiger partial charge on any atom is -0.494 e. The van der Waals surface area contributed by atoms with Crippen LogP contribution in [0.25, 0.3) is 0 Å². The first-order chi connectivity index (χ1) is 12.2. The lowest BCUT2D eigenvalue weighted by atomic mass is 10.2. The Labute approximate surface area is 151 Å². The maximum Gasteiger partial charge on any atom is 0.249 e. The Balaban J connectivity index is 1.61. The second kappa shape index (κ2) is 8.30. The topological polar surface area (TPSA) is 72.0 Å². The van der Waals surface area contributed by atoms with Gasteiger partial charge in [-0.2, -0.15) is 10.1 Å². The van der Waals surface area contributed by atoms with Crippen molar-refractivity contribution in [3.63, 3.8) is 0 Å². The molecular formula is C18H18ClN5O.